The Balaban J connectivity index is 3.83. The summed E-state index contributed by atoms with van der Waals surface area (Å²) >= 11 is 0. The number of aliphatic carboxylic acids is 1. The number of sulfonamides is 1. The van der Waals surface area contributed by atoms with E-state index in [4.69, 9.17) is 9.84 Å². The first-order valence-electron chi connectivity index (χ1n) is 5.05. The molecule has 2 N–H and O–H groups in total. The third kappa shape index (κ3) is 8.63. The molecule has 0 spiro atoms. The Hall–Kier alpha value is -0.660. The predicted octanol–water partition coefficient (Wildman–Crippen LogP) is 0.0531. The highest BCUT2D eigenvalue weighted by molar-refractivity contribution is 7.89. The van der Waals surface area contributed by atoms with Crippen molar-refractivity contribution < 1.29 is 23.1 Å². The number of carboxylic acid groups (broad SMARTS) is 1. The summed E-state index contributed by atoms with van der Waals surface area (Å²) in [6.07, 6.45) is -0.00212. The van der Waals surface area contributed by atoms with Crippen molar-refractivity contribution >= 4 is 16.0 Å². The summed E-state index contributed by atoms with van der Waals surface area (Å²) < 4.78 is 30.0. The van der Waals surface area contributed by atoms with Gasteiger partial charge in [0, 0.05) is 26.7 Å². The molecule has 0 amide bonds. The average Bonchev–Trinajstić information content (AvgIpc) is 2.14. The van der Waals surface area contributed by atoms with Crippen LogP contribution in [0.1, 0.15) is 19.8 Å². The lowest BCUT2D eigenvalue weighted by Gasteiger charge is -2.11. The summed E-state index contributed by atoms with van der Waals surface area (Å²) in [5, 5.41) is 8.37. The third-order valence-electron chi connectivity index (χ3n) is 1.91. The zero-order valence-corrected chi connectivity index (χ0v) is 10.4. The van der Waals surface area contributed by atoms with Crippen LogP contribution in [0.4, 0.5) is 0 Å². The van der Waals surface area contributed by atoms with Gasteiger partial charge < -0.3 is 9.84 Å². The maximum atomic E-state index is 11.4. The van der Waals surface area contributed by atoms with Crippen LogP contribution < -0.4 is 4.72 Å². The molecule has 6 nitrogen and oxygen atoms in total. The second-order valence-corrected chi connectivity index (χ2v) is 5.65. The van der Waals surface area contributed by atoms with Gasteiger partial charge in [0.1, 0.15) is 0 Å². The van der Waals surface area contributed by atoms with Crippen LogP contribution in [0.2, 0.25) is 0 Å². The van der Waals surface area contributed by atoms with Crippen molar-refractivity contribution in [2.45, 2.75) is 19.8 Å². The minimum absolute atomic E-state index is 0.0965. The highest BCUT2D eigenvalue weighted by atomic mass is 32.2. The molecule has 0 fully saturated rings. The highest BCUT2D eigenvalue weighted by Gasteiger charge is 2.12. The molecule has 7 heteroatoms. The summed E-state index contributed by atoms with van der Waals surface area (Å²) in [7, 11) is -1.81. The van der Waals surface area contributed by atoms with E-state index >= 15 is 0 Å². The van der Waals surface area contributed by atoms with E-state index in [1.54, 1.807) is 7.11 Å². The van der Waals surface area contributed by atoms with Crippen molar-refractivity contribution in [1.82, 2.24) is 4.72 Å². The molecule has 0 aromatic carbocycles. The monoisotopic (exact) mass is 253 g/mol. The van der Waals surface area contributed by atoms with Gasteiger partial charge in [-0.15, -0.1) is 0 Å². The Labute approximate surface area is 96.0 Å². The molecule has 0 aliphatic carbocycles. The van der Waals surface area contributed by atoms with Gasteiger partial charge in [-0.05, 0) is 12.3 Å². The van der Waals surface area contributed by atoms with Gasteiger partial charge in [0.15, 0.2) is 0 Å². The highest BCUT2D eigenvalue weighted by Crippen LogP contribution is 1.98. The van der Waals surface area contributed by atoms with Crippen molar-refractivity contribution in [3.63, 3.8) is 0 Å². The van der Waals surface area contributed by atoms with Crippen molar-refractivity contribution in [2.24, 2.45) is 5.92 Å². The standard InChI is InChI=1S/C9H19NO5S/c1-8(7-15-2)6-10-16(13,14)5-3-4-9(11)12/h8,10H,3-7H2,1-2H3,(H,11,12). The molecule has 96 valence electrons. The van der Waals surface area contributed by atoms with Crippen LogP contribution in [0.15, 0.2) is 0 Å². The fourth-order valence-electron chi connectivity index (χ4n) is 1.10. The maximum absolute atomic E-state index is 11.4. The lowest BCUT2D eigenvalue weighted by molar-refractivity contribution is -0.137. The Bertz CT molecular complexity index is 301. The van der Waals surface area contributed by atoms with E-state index in [1.165, 1.54) is 0 Å². The van der Waals surface area contributed by atoms with Crippen LogP contribution >= 0.6 is 0 Å². The SMILES string of the molecule is COCC(C)CNS(=O)(=O)CCCC(=O)O. The van der Waals surface area contributed by atoms with Gasteiger partial charge in [-0.2, -0.15) is 0 Å². The second-order valence-electron chi connectivity index (χ2n) is 3.73. The van der Waals surface area contributed by atoms with Crippen LogP contribution in [0.25, 0.3) is 0 Å². The number of ether oxygens (including phenoxy) is 1. The first-order valence-corrected chi connectivity index (χ1v) is 6.70. The molecule has 1 atom stereocenters. The van der Waals surface area contributed by atoms with Crippen molar-refractivity contribution in [1.29, 1.82) is 0 Å². The predicted molar refractivity (Wildman–Crippen MR) is 59.7 cm³/mol. The van der Waals surface area contributed by atoms with E-state index in [9.17, 15) is 13.2 Å². The number of hydrogen-bond donors (Lipinski definition) is 2. The first kappa shape index (κ1) is 15.3. The summed E-state index contributed by atoms with van der Waals surface area (Å²) in [5.74, 6) is -1.04. The minimum atomic E-state index is -3.36. The van der Waals surface area contributed by atoms with Gasteiger partial charge in [-0.25, -0.2) is 13.1 Å². The van der Waals surface area contributed by atoms with Gasteiger partial charge in [-0.3, -0.25) is 4.79 Å². The van der Waals surface area contributed by atoms with Crippen LogP contribution in [-0.4, -0.2) is 45.5 Å². The number of nitrogens with one attached hydrogen (secondary N) is 1. The average molecular weight is 253 g/mol. The molecule has 0 aromatic rings. The quantitative estimate of drug-likeness (QED) is 0.606. The molecule has 0 heterocycles. The molecule has 0 aromatic heterocycles. The fraction of sp³-hybridized carbons (Fsp3) is 0.889. The van der Waals surface area contributed by atoms with Gasteiger partial charge >= 0.3 is 5.97 Å². The Morgan fingerprint density at radius 1 is 1.50 bits per heavy atom. The molecule has 1 unspecified atom stereocenters. The molecule has 0 aliphatic heterocycles. The smallest absolute Gasteiger partial charge is 0.303 e. The normalized spacial score (nSPS) is 13.6. The molecular weight excluding hydrogens is 234 g/mol. The van der Waals surface area contributed by atoms with Gasteiger partial charge in [-0.1, -0.05) is 6.92 Å². The zero-order valence-electron chi connectivity index (χ0n) is 9.60. The van der Waals surface area contributed by atoms with Crippen molar-refractivity contribution in [2.75, 3.05) is 26.0 Å². The number of hydrogen-bond acceptors (Lipinski definition) is 4. The Morgan fingerprint density at radius 3 is 2.62 bits per heavy atom. The van der Waals surface area contributed by atoms with Crippen molar-refractivity contribution in [3.8, 4) is 0 Å². The summed E-state index contributed by atoms with van der Waals surface area (Å²) in [6.45, 7) is 2.66. The van der Waals surface area contributed by atoms with E-state index in [1.807, 2.05) is 6.92 Å². The first-order chi connectivity index (χ1) is 7.37. The van der Waals surface area contributed by atoms with Gasteiger partial charge in [0.05, 0.1) is 5.75 Å². The number of carbonyl (C=O) groups is 1. The van der Waals surface area contributed by atoms with Crippen molar-refractivity contribution in [3.05, 3.63) is 0 Å². The second kappa shape index (κ2) is 7.59. The van der Waals surface area contributed by atoms with Crippen LogP contribution in [0.3, 0.4) is 0 Å². The molecule has 0 radical (unpaired) electrons. The topological polar surface area (TPSA) is 92.7 Å². The number of carboxylic acids is 1. The maximum Gasteiger partial charge on any atom is 0.303 e. The lowest BCUT2D eigenvalue weighted by atomic mass is 10.2. The van der Waals surface area contributed by atoms with E-state index in [0.717, 1.165) is 0 Å². The van der Waals surface area contributed by atoms with Gasteiger partial charge in [0.2, 0.25) is 10.0 Å². The molecular formula is C9H19NO5S. The van der Waals surface area contributed by atoms with E-state index in [-0.39, 0.29) is 24.5 Å². The minimum Gasteiger partial charge on any atom is -0.481 e. The zero-order chi connectivity index (χ0) is 12.6. The van der Waals surface area contributed by atoms with Crippen LogP contribution in [-0.2, 0) is 19.6 Å². The molecule has 16 heavy (non-hydrogen) atoms. The summed E-state index contributed by atoms with van der Waals surface area (Å²) in [4.78, 5) is 10.2. The van der Waals surface area contributed by atoms with E-state index in [0.29, 0.717) is 13.2 Å². The summed E-state index contributed by atoms with van der Waals surface area (Å²) in [6, 6.07) is 0. The number of methoxy groups -OCH3 is 1. The van der Waals surface area contributed by atoms with Crippen LogP contribution in [0.5, 0.6) is 0 Å². The molecule has 0 rings (SSSR count). The Kier molecular flexibility index (Phi) is 7.27. The lowest BCUT2D eigenvalue weighted by Crippen LogP contribution is -2.32. The molecule has 0 bridgehead atoms. The molecule has 0 aliphatic rings. The number of rotatable bonds is 9. The van der Waals surface area contributed by atoms with Crippen LogP contribution in [0, 0.1) is 5.92 Å². The molecule has 0 saturated carbocycles. The third-order valence-corrected chi connectivity index (χ3v) is 3.34. The Morgan fingerprint density at radius 2 is 2.12 bits per heavy atom. The van der Waals surface area contributed by atoms with E-state index in [2.05, 4.69) is 4.72 Å². The van der Waals surface area contributed by atoms with Gasteiger partial charge in [0.25, 0.3) is 0 Å². The van der Waals surface area contributed by atoms with E-state index < -0.39 is 16.0 Å². The summed E-state index contributed by atoms with van der Waals surface area (Å²) in [5.41, 5.74) is 0. The largest absolute Gasteiger partial charge is 0.481 e. The molecule has 0 saturated heterocycles. The fourth-order valence-corrected chi connectivity index (χ4v) is 2.31.